The maximum absolute atomic E-state index is 14.3. The first-order valence-corrected chi connectivity index (χ1v) is 19.0. The number of carbonyl (C=O) groups excluding carboxylic acids is 2. The molecule has 0 radical (unpaired) electrons. The van der Waals surface area contributed by atoms with E-state index in [-0.39, 0.29) is 23.7 Å². The molecule has 6 heteroatoms. The number of rotatable bonds is 12. The van der Waals surface area contributed by atoms with Gasteiger partial charge in [-0.2, -0.15) is 0 Å². The van der Waals surface area contributed by atoms with Gasteiger partial charge in [-0.05, 0) is 83.0 Å². The summed E-state index contributed by atoms with van der Waals surface area (Å²) in [7, 11) is 0. The molecule has 2 aromatic carbocycles. The number of benzene rings is 2. The molecule has 0 fully saturated rings. The Morgan fingerprint density at radius 2 is 1.09 bits per heavy atom. The molecule has 4 heterocycles. The van der Waals surface area contributed by atoms with E-state index < -0.39 is 0 Å². The summed E-state index contributed by atoms with van der Waals surface area (Å²) in [6.07, 6.45) is 7.81. The summed E-state index contributed by atoms with van der Waals surface area (Å²) < 4.78 is 0. The second-order valence-electron chi connectivity index (χ2n) is 12.7. The van der Waals surface area contributed by atoms with Crippen LogP contribution in [0.1, 0.15) is 90.2 Å². The zero-order chi connectivity index (χ0) is 32.2. The molecule has 2 amide bonds. The zero-order valence-corrected chi connectivity index (χ0v) is 29.3. The van der Waals surface area contributed by atoms with E-state index in [9.17, 15) is 9.59 Å². The smallest absolute Gasteiger partial charge is 0.230 e. The third-order valence-corrected chi connectivity index (χ3v) is 11.7. The Morgan fingerprint density at radius 3 is 1.43 bits per heavy atom. The van der Waals surface area contributed by atoms with Crippen LogP contribution in [0.3, 0.4) is 0 Å². The van der Waals surface area contributed by atoms with Crippen molar-refractivity contribution in [1.29, 1.82) is 0 Å². The van der Waals surface area contributed by atoms with Crippen LogP contribution in [0.15, 0.2) is 71.4 Å². The summed E-state index contributed by atoms with van der Waals surface area (Å²) in [5.74, 6) is 0.462. The molecule has 0 spiro atoms. The molecule has 0 saturated carbocycles. The molecular weight excluding hydrogens is 605 g/mol. The van der Waals surface area contributed by atoms with Gasteiger partial charge in [-0.3, -0.25) is 9.59 Å². The number of hydrogen-bond acceptors (Lipinski definition) is 4. The Hall–Kier alpha value is -3.48. The van der Waals surface area contributed by atoms with Crippen molar-refractivity contribution in [3.05, 3.63) is 82.6 Å². The molecule has 0 N–H and O–H groups in total. The number of thiophene rings is 2. The van der Waals surface area contributed by atoms with E-state index in [0.717, 1.165) is 85.0 Å². The Balaban J connectivity index is 1.47. The van der Waals surface area contributed by atoms with Crippen LogP contribution in [0.4, 0.5) is 11.4 Å². The molecular formula is C40H46N2O2S2. The summed E-state index contributed by atoms with van der Waals surface area (Å²) in [6, 6.07) is 21.7. The van der Waals surface area contributed by atoms with Gasteiger partial charge in [0.1, 0.15) is 0 Å². The molecule has 240 valence electrons. The summed E-state index contributed by atoms with van der Waals surface area (Å²) in [5.41, 5.74) is 8.88. The van der Waals surface area contributed by atoms with E-state index >= 15 is 0 Å². The molecule has 0 aliphatic carbocycles. The van der Waals surface area contributed by atoms with Crippen molar-refractivity contribution in [2.75, 3.05) is 22.9 Å². The molecule has 6 rings (SSSR count). The third-order valence-electron chi connectivity index (χ3n) is 9.86. The number of anilines is 2. The van der Waals surface area contributed by atoms with E-state index in [2.05, 4.69) is 109 Å². The lowest BCUT2D eigenvalue weighted by Crippen LogP contribution is -2.35. The molecule has 2 aliphatic rings. The van der Waals surface area contributed by atoms with Gasteiger partial charge < -0.3 is 9.80 Å². The number of nitrogens with zero attached hydrogens (tertiary/aromatic N) is 2. The van der Waals surface area contributed by atoms with Gasteiger partial charge in [-0.15, -0.1) is 22.7 Å². The van der Waals surface area contributed by atoms with Crippen LogP contribution in [0, 0.1) is 11.8 Å². The summed E-state index contributed by atoms with van der Waals surface area (Å²) >= 11 is 3.45. The largest absolute Gasteiger partial charge is 0.307 e. The lowest BCUT2D eigenvalue weighted by molar-refractivity contribution is -0.123. The first kappa shape index (κ1) is 32.5. The van der Waals surface area contributed by atoms with Crippen molar-refractivity contribution in [2.45, 2.75) is 79.1 Å². The van der Waals surface area contributed by atoms with E-state index in [4.69, 9.17) is 0 Å². The van der Waals surface area contributed by atoms with Crippen LogP contribution in [-0.4, -0.2) is 24.9 Å². The van der Waals surface area contributed by atoms with Gasteiger partial charge in [0.05, 0.1) is 24.5 Å². The lowest BCUT2D eigenvalue weighted by atomic mass is 9.95. The highest BCUT2D eigenvalue weighted by Crippen LogP contribution is 2.48. The predicted octanol–water partition coefficient (Wildman–Crippen LogP) is 11.2. The number of carbonyl (C=O) groups is 2. The topological polar surface area (TPSA) is 40.6 Å². The summed E-state index contributed by atoms with van der Waals surface area (Å²) in [4.78, 5) is 35.1. The molecule has 2 aliphatic heterocycles. The Bertz CT molecular complexity index is 1580. The highest BCUT2D eigenvalue weighted by Gasteiger charge is 2.38. The van der Waals surface area contributed by atoms with E-state index in [0.29, 0.717) is 13.1 Å². The fourth-order valence-electron chi connectivity index (χ4n) is 7.12. The van der Waals surface area contributed by atoms with Gasteiger partial charge in [0.2, 0.25) is 11.8 Å². The van der Waals surface area contributed by atoms with Gasteiger partial charge >= 0.3 is 0 Å². The maximum Gasteiger partial charge on any atom is 0.230 e. The summed E-state index contributed by atoms with van der Waals surface area (Å²) in [5, 5.41) is 4.21. The predicted molar refractivity (Wildman–Crippen MR) is 198 cm³/mol. The number of unbranched alkanes of at least 4 members (excludes halogenated alkanes) is 2. The average molecular weight is 651 g/mol. The van der Waals surface area contributed by atoms with Crippen molar-refractivity contribution in [1.82, 2.24) is 0 Å². The highest BCUT2D eigenvalue weighted by molar-refractivity contribution is 7.13. The Labute approximate surface area is 282 Å². The molecule has 4 nitrogen and oxygen atoms in total. The minimum atomic E-state index is 0.00807. The number of amides is 2. The van der Waals surface area contributed by atoms with E-state index in [1.54, 1.807) is 22.7 Å². The van der Waals surface area contributed by atoms with Crippen LogP contribution in [0.5, 0.6) is 0 Å². The van der Waals surface area contributed by atoms with Gasteiger partial charge in [0.15, 0.2) is 0 Å². The van der Waals surface area contributed by atoms with Crippen molar-refractivity contribution in [3.63, 3.8) is 0 Å². The standard InChI is InChI=1S/C40H46N2O2S2/c1-5-9-13-27(7-3)39(43)41-25-33(31-19-17-29(23-35(31)41)37-15-11-21-45-37)34-26-42(40(44)28(8-4)14-10-6-2)36-24-30(18-20-32(34)36)38-16-12-22-46-38/h11-12,15-24,27-28H,5-10,13-14,25-26H2,1-4H3/b34-33+. The van der Waals surface area contributed by atoms with Gasteiger partial charge in [0, 0.05) is 32.7 Å². The van der Waals surface area contributed by atoms with Crippen LogP contribution < -0.4 is 9.80 Å². The second-order valence-corrected chi connectivity index (χ2v) is 14.6. The molecule has 2 aromatic heterocycles. The first-order valence-electron chi connectivity index (χ1n) is 17.2. The van der Waals surface area contributed by atoms with Crippen molar-refractivity contribution in [3.8, 4) is 20.9 Å². The normalized spacial score (nSPS) is 16.9. The van der Waals surface area contributed by atoms with Crippen LogP contribution >= 0.6 is 22.7 Å². The van der Waals surface area contributed by atoms with Crippen molar-refractivity contribution < 1.29 is 9.59 Å². The molecule has 46 heavy (non-hydrogen) atoms. The van der Waals surface area contributed by atoms with Gasteiger partial charge in [-0.25, -0.2) is 0 Å². The van der Waals surface area contributed by atoms with E-state index in [1.807, 2.05) is 0 Å². The quantitative estimate of drug-likeness (QED) is 0.153. The molecule has 0 bridgehead atoms. The lowest BCUT2D eigenvalue weighted by Gasteiger charge is -2.24. The van der Waals surface area contributed by atoms with Crippen molar-refractivity contribution >= 4 is 57.0 Å². The fraction of sp³-hybridized carbons (Fsp3) is 0.400. The second kappa shape index (κ2) is 14.5. The average Bonchev–Trinajstić information content (AvgIpc) is 3.91. The maximum atomic E-state index is 14.3. The Kier molecular flexibility index (Phi) is 10.2. The minimum Gasteiger partial charge on any atom is -0.307 e. The summed E-state index contributed by atoms with van der Waals surface area (Å²) in [6.45, 7) is 9.75. The zero-order valence-electron chi connectivity index (χ0n) is 27.7. The van der Waals surface area contributed by atoms with Crippen LogP contribution in [0.25, 0.3) is 32.0 Å². The van der Waals surface area contributed by atoms with Gasteiger partial charge in [-0.1, -0.05) is 89.8 Å². The number of fused-ring (bicyclic) bond motifs is 2. The van der Waals surface area contributed by atoms with Crippen LogP contribution in [-0.2, 0) is 9.59 Å². The monoisotopic (exact) mass is 650 g/mol. The third kappa shape index (κ3) is 6.26. The minimum absolute atomic E-state index is 0.00807. The fourth-order valence-corrected chi connectivity index (χ4v) is 8.57. The van der Waals surface area contributed by atoms with Crippen molar-refractivity contribution in [2.24, 2.45) is 11.8 Å². The van der Waals surface area contributed by atoms with Gasteiger partial charge in [0.25, 0.3) is 0 Å². The molecule has 4 aromatic rings. The molecule has 2 unspecified atom stereocenters. The SMILES string of the molecule is CCCCC(CC)C(=O)N1C/C(=C2/CN(C(=O)C(CC)CCCC)c3cc(-c4cccs4)ccc32)c2ccc(-c3cccs3)cc21. The van der Waals surface area contributed by atoms with E-state index in [1.165, 1.54) is 20.9 Å². The highest BCUT2D eigenvalue weighted by atomic mass is 32.1. The molecule has 2 atom stereocenters. The molecule has 0 saturated heterocycles. The Morgan fingerprint density at radius 1 is 0.652 bits per heavy atom. The first-order chi connectivity index (χ1) is 22.5. The number of hydrogen-bond donors (Lipinski definition) is 0. The van der Waals surface area contributed by atoms with Crippen LogP contribution in [0.2, 0.25) is 0 Å².